The Labute approximate surface area is 221 Å². The van der Waals surface area contributed by atoms with Crippen molar-refractivity contribution in [1.29, 1.82) is 0 Å². The van der Waals surface area contributed by atoms with Gasteiger partial charge in [0.05, 0.1) is 11.1 Å². The predicted molar refractivity (Wildman–Crippen MR) is 150 cm³/mol. The summed E-state index contributed by atoms with van der Waals surface area (Å²) in [6.07, 6.45) is 4.48. The van der Waals surface area contributed by atoms with E-state index in [0.29, 0.717) is 33.7 Å². The van der Waals surface area contributed by atoms with Crippen LogP contribution in [-0.4, -0.2) is 29.3 Å². The number of sulfonamides is 1. The summed E-state index contributed by atoms with van der Waals surface area (Å²) in [5.74, 6) is -0.0669. The summed E-state index contributed by atoms with van der Waals surface area (Å²) in [5, 5.41) is 3.46. The van der Waals surface area contributed by atoms with Gasteiger partial charge in [0.2, 0.25) is 0 Å². The van der Waals surface area contributed by atoms with E-state index in [9.17, 15) is 13.2 Å². The number of amides is 1. The standard InChI is InChI=1S/C29H27N5O3S/c1-29(2,3)20-9-12-22(13-10-20)38(36,37)34-21-11-14-24-23(17-21)26(19-7-5-4-6-8-19)27(32-24)28(35)33-25-18-30-15-16-31-25/h4-18,32,34H,1-3H3,(H,31,33,35). The average Bonchev–Trinajstić information content (AvgIpc) is 3.28. The number of anilines is 2. The van der Waals surface area contributed by atoms with E-state index in [1.807, 2.05) is 42.5 Å². The zero-order chi connectivity index (χ0) is 26.9. The van der Waals surface area contributed by atoms with Crippen LogP contribution in [0.2, 0.25) is 0 Å². The largest absolute Gasteiger partial charge is 0.350 e. The Morgan fingerprint density at radius 2 is 1.66 bits per heavy atom. The first-order chi connectivity index (χ1) is 18.1. The molecule has 38 heavy (non-hydrogen) atoms. The molecule has 5 aromatic rings. The highest BCUT2D eigenvalue weighted by Crippen LogP contribution is 2.35. The highest BCUT2D eigenvalue weighted by Gasteiger charge is 2.22. The number of nitrogens with zero attached hydrogens (tertiary/aromatic N) is 2. The van der Waals surface area contributed by atoms with Crippen LogP contribution < -0.4 is 10.0 Å². The van der Waals surface area contributed by atoms with Gasteiger partial charge in [-0.3, -0.25) is 14.5 Å². The van der Waals surface area contributed by atoms with Crippen molar-refractivity contribution in [3.8, 4) is 11.1 Å². The first-order valence-corrected chi connectivity index (χ1v) is 13.5. The molecule has 2 aromatic heterocycles. The average molecular weight is 526 g/mol. The van der Waals surface area contributed by atoms with Crippen LogP contribution in [0.3, 0.4) is 0 Å². The Hall–Kier alpha value is -4.50. The van der Waals surface area contributed by atoms with Gasteiger partial charge in [0.1, 0.15) is 5.69 Å². The van der Waals surface area contributed by atoms with Crippen LogP contribution in [0.25, 0.3) is 22.0 Å². The van der Waals surface area contributed by atoms with Crippen molar-refractivity contribution in [1.82, 2.24) is 15.0 Å². The van der Waals surface area contributed by atoms with Crippen molar-refractivity contribution in [2.24, 2.45) is 0 Å². The van der Waals surface area contributed by atoms with E-state index in [1.54, 1.807) is 30.3 Å². The number of rotatable bonds is 6. The van der Waals surface area contributed by atoms with Crippen molar-refractivity contribution in [2.45, 2.75) is 31.1 Å². The second-order valence-corrected chi connectivity index (χ2v) is 11.6. The molecule has 0 aliphatic rings. The number of aromatic amines is 1. The summed E-state index contributed by atoms with van der Waals surface area (Å²) >= 11 is 0. The van der Waals surface area contributed by atoms with Crippen LogP contribution in [0.5, 0.6) is 0 Å². The summed E-state index contributed by atoms with van der Waals surface area (Å²) in [6, 6.07) is 21.5. The number of aromatic nitrogens is 3. The molecule has 0 aliphatic heterocycles. The molecule has 2 heterocycles. The molecule has 0 saturated carbocycles. The maximum Gasteiger partial charge on any atom is 0.273 e. The Bertz CT molecular complexity index is 1710. The normalized spacial score (nSPS) is 11.9. The van der Waals surface area contributed by atoms with E-state index in [2.05, 4.69) is 45.8 Å². The van der Waals surface area contributed by atoms with Gasteiger partial charge in [-0.15, -0.1) is 0 Å². The lowest BCUT2D eigenvalue weighted by molar-refractivity contribution is 0.102. The lowest BCUT2D eigenvalue weighted by Crippen LogP contribution is -2.15. The fourth-order valence-corrected chi connectivity index (χ4v) is 5.27. The van der Waals surface area contributed by atoms with Crippen LogP contribution in [0.4, 0.5) is 11.5 Å². The van der Waals surface area contributed by atoms with Crippen LogP contribution in [0.15, 0.2) is 96.3 Å². The topological polar surface area (TPSA) is 117 Å². The molecule has 1 amide bonds. The molecule has 3 aromatic carbocycles. The first kappa shape index (κ1) is 25.2. The highest BCUT2D eigenvalue weighted by molar-refractivity contribution is 7.92. The van der Waals surface area contributed by atoms with Crippen LogP contribution in [-0.2, 0) is 15.4 Å². The van der Waals surface area contributed by atoms with Gasteiger partial charge >= 0.3 is 0 Å². The van der Waals surface area contributed by atoms with Gasteiger partial charge in [-0.1, -0.05) is 63.2 Å². The molecule has 5 rings (SSSR count). The minimum atomic E-state index is -3.83. The third-order valence-electron chi connectivity index (χ3n) is 6.18. The summed E-state index contributed by atoms with van der Waals surface area (Å²) in [6.45, 7) is 6.23. The fourth-order valence-electron chi connectivity index (χ4n) is 4.22. The number of H-pyrrole nitrogens is 1. The highest BCUT2D eigenvalue weighted by atomic mass is 32.2. The van der Waals surface area contributed by atoms with Gasteiger partial charge in [0.15, 0.2) is 5.82 Å². The minimum Gasteiger partial charge on any atom is -0.350 e. The molecule has 0 atom stereocenters. The maximum atomic E-state index is 13.3. The molecule has 0 radical (unpaired) electrons. The summed E-state index contributed by atoms with van der Waals surface area (Å²) < 4.78 is 29.0. The van der Waals surface area contributed by atoms with Gasteiger partial charge in [-0.2, -0.15) is 0 Å². The lowest BCUT2D eigenvalue weighted by atomic mass is 9.87. The van der Waals surface area contributed by atoms with Crippen LogP contribution in [0, 0.1) is 0 Å². The molecular formula is C29H27N5O3S. The third-order valence-corrected chi connectivity index (χ3v) is 7.57. The molecule has 0 unspecified atom stereocenters. The number of nitrogens with one attached hydrogen (secondary N) is 3. The fraction of sp³-hybridized carbons (Fsp3) is 0.138. The number of hydrogen-bond donors (Lipinski definition) is 3. The van der Waals surface area contributed by atoms with Crippen molar-refractivity contribution in [3.63, 3.8) is 0 Å². The van der Waals surface area contributed by atoms with E-state index < -0.39 is 10.0 Å². The first-order valence-electron chi connectivity index (χ1n) is 12.0. The quantitative estimate of drug-likeness (QED) is 0.252. The minimum absolute atomic E-state index is 0.0834. The van der Waals surface area contributed by atoms with Crippen molar-refractivity contribution in [2.75, 3.05) is 10.0 Å². The number of hydrogen-bond acceptors (Lipinski definition) is 5. The SMILES string of the molecule is CC(C)(C)c1ccc(S(=O)(=O)Nc2ccc3[nH]c(C(=O)Nc4cnccn4)c(-c4ccccc4)c3c2)cc1. The summed E-state index contributed by atoms with van der Waals surface area (Å²) in [7, 11) is -3.83. The molecule has 8 nitrogen and oxygen atoms in total. The number of fused-ring (bicyclic) bond motifs is 1. The number of carbonyl (C=O) groups excluding carboxylic acids is 1. The maximum absolute atomic E-state index is 13.3. The summed E-state index contributed by atoms with van der Waals surface area (Å²) in [4.78, 5) is 24.7. The van der Waals surface area contributed by atoms with Gasteiger partial charge in [0.25, 0.3) is 15.9 Å². The van der Waals surface area contributed by atoms with Crippen LogP contribution in [0.1, 0.15) is 36.8 Å². The molecule has 9 heteroatoms. The zero-order valence-electron chi connectivity index (χ0n) is 21.2. The Morgan fingerprint density at radius 1 is 0.921 bits per heavy atom. The second-order valence-electron chi connectivity index (χ2n) is 9.93. The number of benzene rings is 3. The molecule has 0 spiro atoms. The van der Waals surface area contributed by atoms with Gasteiger partial charge < -0.3 is 10.3 Å². The Morgan fingerprint density at radius 3 is 2.32 bits per heavy atom. The Kier molecular flexibility index (Phi) is 6.46. The molecule has 0 fully saturated rings. The zero-order valence-corrected chi connectivity index (χ0v) is 22.0. The van der Waals surface area contributed by atoms with E-state index in [1.165, 1.54) is 18.6 Å². The van der Waals surface area contributed by atoms with Gasteiger partial charge in [0, 0.05) is 34.5 Å². The molecule has 3 N–H and O–H groups in total. The second kappa shape index (κ2) is 9.75. The van der Waals surface area contributed by atoms with Gasteiger partial charge in [-0.25, -0.2) is 13.4 Å². The summed E-state index contributed by atoms with van der Waals surface area (Å²) in [5.41, 5.74) is 3.82. The molecule has 0 saturated heterocycles. The lowest BCUT2D eigenvalue weighted by Gasteiger charge is -2.19. The van der Waals surface area contributed by atoms with E-state index in [4.69, 9.17) is 0 Å². The smallest absolute Gasteiger partial charge is 0.273 e. The monoisotopic (exact) mass is 525 g/mol. The van der Waals surface area contributed by atoms with Gasteiger partial charge in [-0.05, 0) is 46.9 Å². The predicted octanol–water partition coefficient (Wildman–Crippen LogP) is 5.98. The van der Waals surface area contributed by atoms with E-state index in [0.717, 1.165) is 11.1 Å². The molecule has 0 aliphatic carbocycles. The van der Waals surface area contributed by atoms with E-state index >= 15 is 0 Å². The van der Waals surface area contributed by atoms with Crippen molar-refractivity contribution < 1.29 is 13.2 Å². The molecule has 192 valence electrons. The molecule has 0 bridgehead atoms. The number of carbonyl (C=O) groups is 1. The Balaban J connectivity index is 1.53. The van der Waals surface area contributed by atoms with Crippen molar-refractivity contribution in [3.05, 3.63) is 103 Å². The molecular weight excluding hydrogens is 498 g/mol. The van der Waals surface area contributed by atoms with Crippen LogP contribution >= 0.6 is 0 Å². The van der Waals surface area contributed by atoms with Crippen molar-refractivity contribution >= 4 is 38.3 Å². The van der Waals surface area contributed by atoms with E-state index in [-0.39, 0.29) is 16.2 Å². The third kappa shape index (κ3) is 5.14.